The van der Waals surface area contributed by atoms with Crippen LogP contribution in [0.4, 0.5) is 0 Å². The van der Waals surface area contributed by atoms with Crippen LogP contribution in [-0.4, -0.2) is 6.71 Å². The summed E-state index contributed by atoms with van der Waals surface area (Å²) in [6.45, 7) is 7.26. The van der Waals surface area contributed by atoms with Gasteiger partial charge in [0.25, 0.3) is 0 Å². The van der Waals surface area contributed by atoms with Crippen molar-refractivity contribution in [2.75, 3.05) is 0 Å². The fourth-order valence-corrected chi connectivity index (χ4v) is 0.919. The van der Waals surface area contributed by atoms with E-state index in [1.54, 1.807) is 0 Å². The summed E-state index contributed by atoms with van der Waals surface area (Å²) in [6, 6.07) is 0. The Labute approximate surface area is 57.7 Å². The van der Waals surface area contributed by atoms with Crippen molar-refractivity contribution in [3.05, 3.63) is 24.1 Å². The highest BCUT2D eigenvalue weighted by Crippen LogP contribution is 2.22. The zero-order valence-electron chi connectivity index (χ0n) is 6.39. The lowest BCUT2D eigenvalue weighted by molar-refractivity contribution is 0.625. The normalized spacial score (nSPS) is 22.8. The minimum Gasteiger partial charge on any atom is -0.114 e. The molecule has 0 bridgehead atoms. The molecule has 1 heteroatoms. The molecule has 0 amide bonds. The van der Waals surface area contributed by atoms with Gasteiger partial charge in [0.05, 0.1) is 0 Å². The molecule has 1 heterocycles. The zero-order valence-corrected chi connectivity index (χ0v) is 6.39. The molecule has 0 nitrogen and oxygen atoms in total. The predicted octanol–water partition coefficient (Wildman–Crippen LogP) is 2.34. The third-order valence-corrected chi connectivity index (χ3v) is 1.66. The van der Waals surface area contributed by atoms with Gasteiger partial charge in [0.2, 0.25) is 0 Å². The third-order valence-electron chi connectivity index (χ3n) is 1.66. The van der Waals surface area contributed by atoms with Crippen molar-refractivity contribution in [3.8, 4) is 0 Å². The number of hydrogen-bond acceptors (Lipinski definition) is 0. The second-order valence-corrected chi connectivity index (χ2v) is 3.40. The Kier molecular flexibility index (Phi) is 1.52. The predicted molar refractivity (Wildman–Crippen MR) is 43.7 cm³/mol. The molecule has 0 atom stereocenters. The second kappa shape index (κ2) is 2.05. The van der Waals surface area contributed by atoms with Gasteiger partial charge in [-0.3, -0.25) is 0 Å². The summed E-state index contributed by atoms with van der Waals surface area (Å²) >= 11 is 0. The lowest BCUT2D eigenvalue weighted by atomic mass is 9.49. The molecule has 0 aromatic rings. The van der Waals surface area contributed by atoms with Crippen molar-refractivity contribution in [1.82, 2.24) is 0 Å². The Morgan fingerprint density at radius 3 is 1.89 bits per heavy atom. The molecule has 0 fully saturated rings. The highest BCUT2D eigenvalue weighted by molar-refractivity contribution is 6.68. The average molecular weight is 120 g/mol. The summed E-state index contributed by atoms with van der Waals surface area (Å²) in [6.07, 6.45) is 4.52. The van der Waals surface area contributed by atoms with Crippen LogP contribution in [0.15, 0.2) is 24.1 Å². The lowest BCUT2D eigenvalue weighted by Crippen LogP contribution is -2.12. The van der Waals surface area contributed by atoms with Crippen LogP contribution in [0.5, 0.6) is 0 Å². The summed E-state index contributed by atoms with van der Waals surface area (Å²) in [5, 5.41) is 0. The van der Waals surface area contributed by atoms with Crippen molar-refractivity contribution in [3.63, 3.8) is 0 Å². The number of hydrogen-bond donors (Lipinski definition) is 0. The first kappa shape index (κ1) is 6.66. The van der Waals surface area contributed by atoms with E-state index in [0.717, 1.165) is 0 Å². The molecular formula is C8H13B. The first-order valence-electron chi connectivity index (χ1n) is 3.49. The highest BCUT2D eigenvalue weighted by Gasteiger charge is 2.13. The van der Waals surface area contributed by atoms with Gasteiger partial charge in [-0.1, -0.05) is 32.8 Å². The molecule has 9 heavy (non-hydrogen) atoms. The molecule has 0 spiro atoms. The third kappa shape index (κ3) is 1.74. The van der Waals surface area contributed by atoms with Gasteiger partial charge < -0.3 is 0 Å². The fraction of sp³-hybridized carbons (Fsp3) is 0.500. The maximum atomic E-state index is 2.26. The largest absolute Gasteiger partial charge is 0.188 e. The summed E-state index contributed by atoms with van der Waals surface area (Å²) < 4.78 is 0. The van der Waals surface area contributed by atoms with Crippen LogP contribution in [0.1, 0.15) is 13.8 Å². The zero-order chi connectivity index (χ0) is 6.91. The Morgan fingerprint density at radius 2 is 1.56 bits per heavy atom. The van der Waals surface area contributed by atoms with Crippen LogP contribution in [-0.2, 0) is 0 Å². The van der Waals surface area contributed by atoms with Crippen molar-refractivity contribution < 1.29 is 0 Å². The first-order chi connectivity index (χ1) is 4.10. The van der Waals surface area contributed by atoms with E-state index in [2.05, 4.69) is 44.8 Å². The van der Waals surface area contributed by atoms with Crippen molar-refractivity contribution in [2.45, 2.75) is 20.7 Å². The quantitative estimate of drug-likeness (QED) is 0.430. The van der Waals surface area contributed by atoms with E-state index in [1.165, 1.54) is 0 Å². The van der Waals surface area contributed by atoms with E-state index in [4.69, 9.17) is 0 Å². The van der Waals surface area contributed by atoms with E-state index >= 15 is 0 Å². The van der Waals surface area contributed by atoms with E-state index in [0.29, 0.717) is 12.1 Å². The van der Waals surface area contributed by atoms with Gasteiger partial charge in [0.15, 0.2) is 6.71 Å². The summed E-state index contributed by atoms with van der Waals surface area (Å²) in [4.78, 5) is 0. The van der Waals surface area contributed by atoms with Gasteiger partial charge >= 0.3 is 0 Å². The van der Waals surface area contributed by atoms with Crippen molar-refractivity contribution >= 4 is 6.71 Å². The van der Waals surface area contributed by atoms with Crippen LogP contribution in [0, 0.1) is 5.41 Å². The average Bonchev–Trinajstić information content (AvgIpc) is 1.78. The van der Waals surface area contributed by atoms with Gasteiger partial charge in [-0.05, 0) is 5.41 Å². The second-order valence-electron chi connectivity index (χ2n) is 3.40. The van der Waals surface area contributed by atoms with Crippen LogP contribution >= 0.6 is 0 Å². The van der Waals surface area contributed by atoms with Gasteiger partial charge in [0, 0.05) is 0 Å². The molecular weight excluding hydrogens is 107 g/mol. The standard InChI is InChI=1S/C8H13B/c1-8(2)4-6-9(3)7-5-8/h4-7H,1-3H3. The van der Waals surface area contributed by atoms with Gasteiger partial charge in [-0.2, -0.15) is 0 Å². The molecule has 0 N–H and O–H groups in total. The fourth-order valence-electron chi connectivity index (χ4n) is 0.919. The summed E-state index contributed by atoms with van der Waals surface area (Å²) in [5.74, 6) is 4.50. The maximum Gasteiger partial charge on any atom is 0.188 e. The molecule has 0 aromatic carbocycles. The molecule has 0 saturated heterocycles. The van der Waals surface area contributed by atoms with Crippen molar-refractivity contribution in [2.24, 2.45) is 5.41 Å². The van der Waals surface area contributed by atoms with Crippen LogP contribution in [0.25, 0.3) is 0 Å². The maximum absolute atomic E-state index is 2.26. The Balaban J connectivity index is 2.70. The summed E-state index contributed by atoms with van der Waals surface area (Å²) in [7, 11) is 0. The monoisotopic (exact) mass is 120 g/mol. The first-order valence-corrected chi connectivity index (χ1v) is 3.49. The van der Waals surface area contributed by atoms with E-state index in [1.807, 2.05) is 0 Å². The lowest BCUT2D eigenvalue weighted by Gasteiger charge is -2.18. The van der Waals surface area contributed by atoms with E-state index in [-0.39, 0.29) is 0 Å². The number of allylic oxidation sites excluding steroid dienone is 2. The minimum absolute atomic E-state index is 0.298. The molecule has 0 saturated carbocycles. The van der Waals surface area contributed by atoms with Gasteiger partial charge in [-0.25, -0.2) is 0 Å². The van der Waals surface area contributed by atoms with Crippen LogP contribution < -0.4 is 0 Å². The Hall–Kier alpha value is -0.455. The molecule has 1 aliphatic rings. The molecule has 48 valence electrons. The SMILES string of the molecule is CB1C=CC(C)(C)C=C1. The van der Waals surface area contributed by atoms with Crippen LogP contribution in [0.3, 0.4) is 0 Å². The topological polar surface area (TPSA) is 0 Å². The van der Waals surface area contributed by atoms with E-state index < -0.39 is 0 Å². The molecule has 1 aliphatic heterocycles. The molecule has 0 aromatic heterocycles. The Morgan fingerprint density at radius 1 is 1.11 bits per heavy atom. The van der Waals surface area contributed by atoms with Gasteiger partial charge in [-0.15, -0.1) is 12.0 Å². The smallest absolute Gasteiger partial charge is 0.114 e. The number of rotatable bonds is 0. The minimum atomic E-state index is 0.298. The molecule has 1 rings (SSSR count). The van der Waals surface area contributed by atoms with Gasteiger partial charge in [0.1, 0.15) is 0 Å². The molecule has 0 unspecified atom stereocenters. The Bertz CT molecular complexity index is 138. The summed E-state index contributed by atoms with van der Waals surface area (Å²) in [5.41, 5.74) is 0.298. The molecule has 0 radical (unpaired) electrons. The molecule has 0 aliphatic carbocycles. The van der Waals surface area contributed by atoms with Crippen LogP contribution in [0.2, 0.25) is 6.82 Å². The highest BCUT2D eigenvalue weighted by atomic mass is 14.1. The van der Waals surface area contributed by atoms with Crippen molar-refractivity contribution in [1.29, 1.82) is 0 Å². The van der Waals surface area contributed by atoms with E-state index in [9.17, 15) is 0 Å².